The van der Waals surface area contributed by atoms with E-state index in [-0.39, 0.29) is 5.41 Å². The van der Waals surface area contributed by atoms with Crippen molar-refractivity contribution in [3.8, 4) is 11.1 Å². The normalized spacial score (nSPS) is 11.6. The SMILES string of the molecule is Cc1cc(C(C)(C)C)ccc1-c1cccc(S)c1. The Morgan fingerprint density at radius 2 is 1.67 bits per heavy atom. The van der Waals surface area contributed by atoms with E-state index in [1.54, 1.807) is 0 Å². The van der Waals surface area contributed by atoms with Crippen LogP contribution in [0.4, 0.5) is 0 Å². The van der Waals surface area contributed by atoms with E-state index in [0.717, 1.165) is 4.90 Å². The monoisotopic (exact) mass is 256 g/mol. The summed E-state index contributed by atoms with van der Waals surface area (Å²) < 4.78 is 0. The predicted molar refractivity (Wildman–Crippen MR) is 82.6 cm³/mol. The highest BCUT2D eigenvalue weighted by molar-refractivity contribution is 7.80. The summed E-state index contributed by atoms with van der Waals surface area (Å²) in [7, 11) is 0. The van der Waals surface area contributed by atoms with Gasteiger partial charge in [0.1, 0.15) is 0 Å². The molecule has 0 N–H and O–H groups in total. The van der Waals surface area contributed by atoms with Crippen molar-refractivity contribution in [1.29, 1.82) is 0 Å². The van der Waals surface area contributed by atoms with Crippen LogP contribution in [0.25, 0.3) is 11.1 Å². The van der Waals surface area contributed by atoms with Gasteiger partial charge in [0.15, 0.2) is 0 Å². The number of aryl methyl sites for hydroxylation is 1. The van der Waals surface area contributed by atoms with Crippen LogP contribution in [0, 0.1) is 6.92 Å². The number of hydrogen-bond donors (Lipinski definition) is 1. The molecule has 0 bridgehead atoms. The Labute approximate surface area is 115 Å². The highest BCUT2D eigenvalue weighted by atomic mass is 32.1. The Hall–Kier alpha value is -1.21. The molecule has 94 valence electrons. The van der Waals surface area contributed by atoms with Crippen LogP contribution in [0.2, 0.25) is 0 Å². The van der Waals surface area contributed by atoms with Crippen LogP contribution in [-0.2, 0) is 5.41 Å². The minimum absolute atomic E-state index is 0.203. The lowest BCUT2D eigenvalue weighted by molar-refractivity contribution is 0.590. The first-order valence-corrected chi connectivity index (χ1v) is 6.73. The molecule has 1 heteroatoms. The molecule has 0 amide bonds. The molecule has 0 spiro atoms. The first kappa shape index (κ1) is 13.2. The molecule has 0 saturated carbocycles. The van der Waals surface area contributed by atoms with Gasteiger partial charge in [-0.1, -0.05) is 51.1 Å². The van der Waals surface area contributed by atoms with E-state index in [2.05, 4.69) is 76.7 Å². The largest absolute Gasteiger partial charge is 0.143 e. The van der Waals surface area contributed by atoms with Gasteiger partial charge in [-0.3, -0.25) is 0 Å². The summed E-state index contributed by atoms with van der Waals surface area (Å²) in [6, 6.07) is 15.0. The third kappa shape index (κ3) is 2.78. The van der Waals surface area contributed by atoms with Gasteiger partial charge in [-0.15, -0.1) is 12.6 Å². The average molecular weight is 256 g/mol. The minimum Gasteiger partial charge on any atom is -0.143 e. The Morgan fingerprint density at radius 3 is 2.22 bits per heavy atom. The van der Waals surface area contributed by atoms with Crippen molar-refractivity contribution in [2.45, 2.75) is 38.0 Å². The van der Waals surface area contributed by atoms with Crippen LogP contribution in [0.1, 0.15) is 31.9 Å². The minimum atomic E-state index is 0.203. The van der Waals surface area contributed by atoms with Crippen molar-refractivity contribution < 1.29 is 0 Å². The summed E-state index contributed by atoms with van der Waals surface area (Å²) in [6.45, 7) is 8.91. The van der Waals surface area contributed by atoms with E-state index in [0.29, 0.717) is 0 Å². The predicted octanol–water partition coefficient (Wildman–Crippen LogP) is 5.25. The highest BCUT2D eigenvalue weighted by Crippen LogP contribution is 2.30. The topological polar surface area (TPSA) is 0 Å². The van der Waals surface area contributed by atoms with Crippen molar-refractivity contribution in [2.24, 2.45) is 0 Å². The maximum atomic E-state index is 4.40. The van der Waals surface area contributed by atoms with Gasteiger partial charge in [-0.2, -0.15) is 0 Å². The first-order chi connectivity index (χ1) is 8.38. The van der Waals surface area contributed by atoms with Gasteiger partial charge in [0.05, 0.1) is 0 Å². The van der Waals surface area contributed by atoms with Crippen molar-refractivity contribution in [3.63, 3.8) is 0 Å². The third-order valence-electron chi connectivity index (χ3n) is 3.25. The second-order valence-electron chi connectivity index (χ2n) is 5.83. The molecule has 0 atom stereocenters. The van der Waals surface area contributed by atoms with Crippen LogP contribution in [0.3, 0.4) is 0 Å². The lowest BCUT2D eigenvalue weighted by atomic mass is 9.84. The molecule has 0 aliphatic heterocycles. The van der Waals surface area contributed by atoms with E-state index in [4.69, 9.17) is 0 Å². The van der Waals surface area contributed by atoms with Gasteiger partial charge in [-0.25, -0.2) is 0 Å². The van der Waals surface area contributed by atoms with E-state index in [1.807, 2.05) is 6.07 Å². The van der Waals surface area contributed by atoms with Crippen molar-refractivity contribution in [2.75, 3.05) is 0 Å². The zero-order valence-corrected chi connectivity index (χ0v) is 12.4. The molecule has 0 radical (unpaired) electrons. The zero-order chi connectivity index (χ0) is 13.3. The molecule has 0 aliphatic rings. The molecule has 0 aliphatic carbocycles. The second kappa shape index (κ2) is 4.81. The van der Waals surface area contributed by atoms with Gasteiger partial charge < -0.3 is 0 Å². The third-order valence-corrected chi connectivity index (χ3v) is 3.53. The number of thiol groups is 1. The van der Waals surface area contributed by atoms with E-state index in [9.17, 15) is 0 Å². The van der Waals surface area contributed by atoms with Gasteiger partial charge in [-0.05, 0) is 46.7 Å². The van der Waals surface area contributed by atoms with E-state index >= 15 is 0 Å². The van der Waals surface area contributed by atoms with Crippen molar-refractivity contribution in [3.05, 3.63) is 53.6 Å². The maximum absolute atomic E-state index is 4.40. The molecule has 0 heterocycles. The molecule has 2 aromatic rings. The standard InChI is InChI=1S/C17H20S/c1-12-10-14(17(2,3)4)8-9-16(12)13-6-5-7-15(18)11-13/h5-11,18H,1-4H3. The van der Waals surface area contributed by atoms with Gasteiger partial charge in [0.25, 0.3) is 0 Å². The van der Waals surface area contributed by atoms with Crippen LogP contribution >= 0.6 is 12.6 Å². The number of rotatable bonds is 1. The lowest BCUT2D eigenvalue weighted by Crippen LogP contribution is -2.11. The van der Waals surface area contributed by atoms with Crippen LogP contribution < -0.4 is 0 Å². The maximum Gasteiger partial charge on any atom is 0.00461 e. The Bertz CT molecular complexity index is 562. The molecule has 0 fully saturated rings. The van der Waals surface area contributed by atoms with E-state index in [1.165, 1.54) is 22.3 Å². The number of hydrogen-bond acceptors (Lipinski definition) is 1. The smallest absolute Gasteiger partial charge is 0.00461 e. The average Bonchev–Trinajstić information content (AvgIpc) is 2.27. The van der Waals surface area contributed by atoms with Gasteiger partial charge in [0, 0.05) is 4.90 Å². The summed E-state index contributed by atoms with van der Waals surface area (Å²) in [6.07, 6.45) is 0. The molecule has 0 aromatic heterocycles. The quantitative estimate of drug-likeness (QED) is 0.662. The fourth-order valence-corrected chi connectivity index (χ4v) is 2.35. The van der Waals surface area contributed by atoms with Gasteiger partial charge in [0.2, 0.25) is 0 Å². The highest BCUT2D eigenvalue weighted by Gasteiger charge is 2.14. The first-order valence-electron chi connectivity index (χ1n) is 6.28. The molecule has 18 heavy (non-hydrogen) atoms. The number of benzene rings is 2. The van der Waals surface area contributed by atoms with Crippen LogP contribution in [0.15, 0.2) is 47.4 Å². The summed E-state index contributed by atoms with van der Waals surface area (Å²) >= 11 is 4.40. The summed E-state index contributed by atoms with van der Waals surface area (Å²) in [5.41, 5.74) is 5.43. The van der Waals surface area contributed by atoms with E-state index < -0.39 is 0 Å². The molecule has 0 saturated heterocycles. The van der Waals surface area contributed by atoms with Crippen molar-refractivity contribution >= 4 is 12.6 Å². The molecule has 2 aromatic carbocycles. The molecular formula is C17H20S. The van der Waals surface area contributed by atoms with Crippen molar-refractivity contribution in [1.82, 2.24) is 0 Å². The van der Waals surface area contributed by atoms with Crippen LogP contribution in [-0.4, -0.2) is 0 Å². The fraction of sp³-hybridized carbons (Fsp3) is 0.294. The lowest BCUT2D eigenvalue weighted by Gasteiger charge is -2.20. The molecule has 2 rings (SSSR count). The zero-order valence-electron chi connectivity index (χ0n) is 11.5. The fourth-order valence-electron chi connectivity index (χ4n) is 2.13. The second-order valence-corrected chi connectivity index (χ2v) is 6.35. The Balaban J connectivity index is 2.48. The molecule has 0 unspecified atom stereocenters. The van der Waals surface area contributed by atoms with Gasteiger partial charge >= 0.3 is 0 Å². The Morgan fingerprint density at radius 1 is 0.944 bits per heavy atom. The molecular weight excluding hydrogens is 236 g/mol. The summed E-state index contributed by atoms with van der Waals surface area (Å²) in [4.78, 5) is 1.01. The Kier molecular flexibility index (Phi) is 3.54. The summed E-state index contributed by atoms with van der Waals surface area (Å²) in [5.74, 6) is 0. The van der Waals surface area contributed by atoms with Crippen LogP contribution in [0.5, 0.6) is 0 Å². The molecule has 0 nitrogen and oxygen atoms in total. The summed E-state index contributed by atoms with van der Waals surface area (Å²) in [5, 5.41) is 0.